The van der Waals surface area contributed by atoms with Gasteiger partial charge < -0.3 is 0 Å². The second-order valence-corrected chi connectivity index (χ2v) is 7.15. The van der Waals surface area contributed by atoms with Gasteiger partial charge in [0.25, 0.3) is 10.0 Å². The SMILES string of the molecule is CCN(c1ccccc1Br)S(=O)(=O)c1ccc(C)cc1. The highest BCUT2D eigenvalue weighted by molar-refractivity contribution is 9.10. The minimum Gasteiger partial charge on any atom is -0.265 e. The fraction of sp³-hybridized carbons (Fsp3) is 0.200. The third-order valence-corrected chi connectivity index (χ3v) is 5.59. The van der Waals surface area contributed by atoms with Crippen molar-refractivity contribution in [3.63, 3.8) is 0 Å². The molecule has 0 saturated carbocycles. The standard InChI is InChI=1S/C15H16BrNO2S/c1-3-17(15-7-5-4-6-14(15)16)20(18,19)13-10-8-12(2)9-11-13/h4-11H,3H2,1-2H3. The summed E-state index contributed by atoms with van der Waals surface area (Å²) in [5.74, 6) is 0. The molecule has 0 fully saturated rings. The lowest BCUT2D eigenvalue weighted by atomic mass is 10.2. The van der Waals surface area contributed by atoms with Crippen LogP contribution in [0.2, 0.25) is 0 Å². The maximum atomic E-state index is 12.7. The van der Waals surface area contributed by atoms with Gasteiger partial charge in [-0.15, -0.1) is 0 Å². The van der Waals surface area contributed by atoms with Gasteiger partial charge in [-0.25, -0.2) is 8.42 Å². The summed E-state index contributed by atoms with van der Waals surface area (Å²) in [5, 5.41) is 0. The maximum absolute atomic E-state index is 12.7. The Labute approximate surface area is 128 Å². The molecular formula is C15H16BrNO2S. The molecule has 0 atom stereocenters. The van der Waals surface area contributed by atoms with Crippen molar-refractivity contribution < 1.29 is 8.42 Å². The number of sulfonamides is 1. The minimum absolute atomic E-state index is 0.306. The Morgan fingerprint density at radius 1 is 1.05 bits per heavy atom. The van der Waals surface area contributed by atoms with Crippen LogP contribution in [0.4, 0.5) is 5.69 Å². The van der Waals surface area contributed by atoms with Crippen molar-refractivity contribution in [2.75, 3.05) is 10.8 Å². The van der Waals surface area contributed by atoms with Crippen LogP contribution in [0.3, 0.4) is 0 Å². The molecule has 0 heterocycles. The lowest BCUT2D eigenvalue weighted by molar-refractivity contribution is 0.592. The van der Waals surface area contributed by atoms with Crippen molar-refractivity contribution in [3.8, 4) is 0 Å². The Morgan fingerprint density at radius 3 is 2.20 bits per heavy atom. The van der Waals surface area contributed by atoms with Crippen LogP contribution >= 0.6 is 15.9 Å². The summed E-state index contributed by atoms with van der Waals surface area (Å²) in [6.07, 6.45) is 0. The summed E-state index contributed by atoms with van der Waals surface area (Å²) >= 11 is 3.41. The first-order valence-corrected chi connectivity index (χ1v) is 8.54. The van der Waals surface area contributed by atoms with Gasteiger partial charge >= 0.3 is 0 Å². The monoisotopic (exact) mass is 353 g/mol. The van der Waals surface area contributed by atoms with E-state index in [1.807, 2.05) is 32.0 Å². The van der Waals surface area contributed by atoms with Crippen molar-refractivity contribution in [1.82, 2.24) is 0 Å². The van der Waals surface area contributed by atoms with Gasteiger partial charge in [0, 0.05) is 11.0 Å². The van der Waals surface area contributed by atoms with Gasteiger partial charge in [0.2, 0.25) is 0 Å². The number of para-hydroxylation sites is 1. The van der Waals surface area contributed by atoms with E-state index in [4.69, 9.17) is 0 Å². The van der Waals surface area contributed by atoms with Crippen LogP contribution in [0.25, 0.3) is 0 Å². The van der Waals surface area contributed by atoms with E-state index in [0.717, 1.165) is 10.0 Å². The number of aryl methyl sites for hydroxylation is 1. The molecule has 2 aromatic rings. The van der Waals surface area contributed by atoms with Crippen LogP contribution in [0.15, 0.2) is 57.9 Å². The highest BCUT2D eigenvalue weighted by atomic mass is 79.9. The third kappa shape index (κ3) is 2.88. The van der Waals surface area contributed by atoms with E-state index in [0.29, 0.717) is 17.1 Å². The molecule has 0 N–H and O–H groups in total. The van der Waals surface area contributed by atoms with Crippen molar-refractivity contribution in [2.45, 2.75) is 18.7 Å². The van der Waals surface area contributed by atoms with Gasteiger partial charge in [-0.3, -0.25) is 4.31 Å². The predicted octanol–water partition coefficient (Wildman–Crippen LogP) is 3.97. The molecule has 0 radical (unpaired) electrons. The summed E-state index contributed by atoms with van der Waals surface area (Å²) in [6, 6.07) is 14.2. The van der Waals surface area contributed by atoms with Crippen molar-refractivity contribution >= 4 is 31.6 Å². The summed E-state index contributed by atoms with van der Waals surface area (Å²) < 4.78 is 27.6. The van der Waals surface area contributed by atoms with E-state index in [2.05, 4.69) is 15.9 Å². The first-order chi connectivity index (χ1) is 9.46. The van der Waals surface area contributed by atoms with Crippen LogP contribution in [-0.4, -0.2) is 15.0 Å². The Hall–Kier alpha value is -1.33. The quantitative estimate of drug-likeness (QED) is 0.833. The second kappa shape index (κ2) is 5.97. The number of rotatable bonds is 4. The zero-order chi connectivity index (χ0) is 14.8. The Kier molecular flexibility index (Phi) is 4.50. The zero-order valence-electron chi connectivity index (χ0n) is 11.4. The third-order valence-electron chi connectivity index (χ3n) is 3.02. The largest absolute Gasteiger partial charge is 0.265 e. The van der Waals surface area contributed by atoms with E-state index in [-0.39, 0.29) is 0 Å². The predicted molar refractivity (Wildman–Crippen MR) is 85.5 cm³/mol. The molecule has 0 saturated heterocycles. The average molecular weight is 354 g/mol. The van der Waals surface area contributed by atoms with Crippen molar-refractivity contribution in [3.05, 3.63) is 58.6 Å². The van der Waals surface area contributed by atoms with E-state index in [1.54, 1.807) is 30.3 Å². The van der Waals surface area contributed by atoms with Crippen LogP contribution < -0.4 is 4.31 Å². The Bertz CT molecular complexity index is 696. The fourth-order valence-corrected chi connectivity index (χ4v) is 4.07. The van der Waals surface area contributed by atoms with Crippen LogP contribution in [0.1, 0.15) is 12.5 Å². The minimum atomic E-state index is -3.54. The van der Waals surface area contributed by atoms with Gasteiger partial charge in [-0.2, -0.15) is 0 Å². The van der Waals surface area contributed by atoms with Crippen molar-refractivity contribution in [2.24, 2.45) is 0 Å². The molecular weight excluding hydrogens is 338 g/mol. The van der Waals surface area contributed by atoms with E-state index < -0.39 is 10.0 Å². The van der Waals surface area contributed by atoms with Crippen LogP contribution in [-0.2, 0) is 10.0 Å². The molecule has 0 aliphatic carbocycles. The van der Waals surface area contributed by atoms with Gasteiger partial charge in [-0.05, 0) is 54.0 Å². The van der Waals surface area contributed by atoms with Gasteiger partial charge in [0.05, 0.1) is 10.6 Å². The average Bonchev–Trinajstić information content (AvgIpc) is 2.42. The van der Waals surface area contributed by atoms with Gasteiger partial charge in [0.15, 0.2) is 0 Å². The maximum Gasteiger partial charge on any atom is 0.264 e. The highest BCUT2D eigenvalue weighted by Crippen LogP contribution is 2.30. The summed E-state index contributed by atoms with van der Waals surface area (Å²) in [6.45, 7) is 4.13. The summed E-state index contributed by atoms with van der Waals surface area (Å²) in [5.41, 5.74) is 1.68. The molecule has 2 rings (SSSR count). The van der Waals surface area contributed by atoms with Crippen LogP contribution in [0.5, 0.6) is 0 Å². The first kappa shape index (κ1) is 15.1. The number of nitrogens with zero attached hydrogens (tertiary/aromatic N) is 1. The lowest BCUT2D eigenvalue weighted by Crippen LogP contribution is -2.31. The fourth-order valence-electron chi connectivity index (χ4n) is 1.96. The molecule has 0 amide bonds. The Morgan fingerprint density at radius 2 is 1.65 bits per heavy atom. The summed E-state index contributed by atoms with van der Waals surface area (Å²) in [4.78, 5) is 0.306. The lowest BCUT2D eigenvalue weighted by Gasteiger charge is -2.24. The summed E-state index contributed by atoms with van der Waals surface area (Å²) in [7, 11) is -3.54. The van der Waals surface area contributed by atoms with Crippen molar-refractivity contribution in [1.29, 1.82) is 0 Å². The van der Waals surface area contributed by atoms with E-state index in [1.165, 1.54) is 4.31 Å². The van der Waals surface area contributed by atoms with Crippen LogP contribution in [0, 0.1) is 6.92 Å². The van der Waals surface area contributed by atoms with Gasteiger partial charge in [0.1, 0.15) is 0 Å². The molecule has 0 aliphatic rings. The number of hydrogen-bond donors (Lipinski definition) is 0. The normalized spacial score (nSPS) is 11.3. The molecule has 2 aromatic carbocycles. The topological polar surface area (TPSA) is 37.4 Å². The van der Waals surface area contributed by atoms with E-state index in [9.17, 15) is 8.42 Å². The molecule has 0 bridgehead atoms. The smallest absolute Gasteiger partial charge is 0.264 e. The molecule has 106 valence electrons. The molecule has 3 nitrogen and oxygen atoms in total. The first-order valence-electron chi connectivity index (χ1n) is 6.30. The molecule has 0 aromatic heterocycles. The Balaban J connectivity index is 2.51. The number of halogens is 1. The van der Waals surface area contributed by atoms with E-state index >= 15 is 0 Å². The number of hydrogen-bond acceptors (Lipinski definition) is 2. The number of benzene rings is 2. The molecule has 0 aliphatic heterocycles. The highest BCUT2D eigenvalue weighted by Gasteiger charge is 2.24. The zero-order valence-corrected chi connectivity index (χ0v) is 13.8. The molecule has 0 spiro atoms. The second-order valence-electron chi connectivity index (χ2n) is 4.43. The molecule has 0 unspecified atom stereocenters. The molecule has 20 heavy (non-hydrogen) atoms. The molecule has 5 heteroatoms. The number of anilines is 1. The van der Waals surface area contributed by atoms with Gasteiger partial charge in [-0.1, -0.05) is 29.8 Å².